The van der Waals surface area contributed by atoms with E-state index in [4.69, 9.17) is 0 Å². The Labute approximate surface area is 117 Å². The molecule has 0 N–H and O–H groups in total. The van der Waals surface area contributed by atoms with Gasteiger partial charge in [0.2, 0.25) is 0 Å². The van der Waals surface area contributed by atoms with Crippen molar-refractivity contribution in [3.05, 3.63) is 17.8 Å². The van der Waals surface area contributed by atoms with Crippen molar-refractivity contribution < 1.29 is 0 Å². The van der Waals surface area contributed by atoms with E-state index in [-0.39, 0.29) is 0 Å². The lowest BCUT2D eigenvalue weighted by molar-refractivity contribution is 0.273. The average Bonchev–Trinajstić information content (AvgIpc) is 3.03. The molecule has 5 heteroatoms. The first kappa shape index (κ1) is 11.6. The Balaban J connectivity index is 1.69. The van der Waals surface area contributed by atoms with Gasteiger partial charge in [-0.25, -0.2) is 9.97 Å². The average molecular weight is 274 g/mol. The summed E-state index contributed by atoms with van der Waals surface area (Å²) in [5.74, 6) is 1.15. The normalized spacial score (nSPS) is 24.6. The summed E-state index contributed by atoms with van der Waals surface area (Å²) in [5.41, 5.74) is 1.09. The monoisotopic (exact) mass is 274 g/mol. The van der Waals surface area contributed by atoms with Crippen LogP contribution in [0.15, 0.2) is 17.8 Å². The number of rotatable bonds is 1. The van der Waals surface area contributed by atoms with Crippen molar-refractivity contribution >= 4 is 27.4 Å². The number of fused-ring (bicyclic) bond motifs is 2. The van der Waals surface area contributed by atoms with Gasteiger partial charge in [-0.15, -0.1) is 11.3 Å². The number of anilines is 1. The Morgan fingerprint density at radius 2 is 2.11 bits per heavy atom. The SMILES string of the molecule is c1nc(N2CCCN3CCC[C@H]3C2)c2sccc2n1. The molecule has 2 aromatic heterocycles. The van der Waals surface area contributed by atoms with Gasteiger partial charge >= 0.3 is 0 Å². The van der Waals surface area contributed by atoms with Crippen molar-refractivity contribution in [1.82, 2.24) is 14.9 Å². The number of hydrogen-bond donors (Lipinski definition) is 0. The summed E-state index contributed by atoms with van der Waals surface area (Å²) in [6, 6.07) is 2.82. The Hall–Kier alpha value is -1.20. The van der Waals surface area contributed by atoms with E-state index in [0.717, 1.165) is 30.5 Å². The molecule has 0 unspecified atom stereocenters. The zero-order chi connectivity index (χ0) is 12.7. The maximum absolute atomic E-state index is 4.57. The molecule has 4 nitrogen and oxygen atoms in total. The van der Waals surface area contributed by atoms with E-state index in [9.17, 15) is 0 Å². The molecule has 2 aliphatic heterocycles. The van der Waals surface area contributed by atoms with Crippen LogP contribution in [0.3, 0.4) is 0 Å². The molecule has 2 aliphatic rings. The van der Waals surface area contributed by atoms with Gasteiger partial charge in [0.05, 0.1) is 10.2 Å². The highest BCUT2D eigenvalue weighted by Crippen LogP contribution is 2.30. The summed E-state index contributed by atoms with van der Waals surface area (Å²) in [5, 5.41) is 2.11. The minimum atomic E-state index is 0.729. The zero-order valence-corrected chi connectivity index (χ0v) is 11.8. The molecule has 0 aromatic carbocycles. The van der Waals surface area contributed by atoms with Gasteiger partial charge in [-0.3, -0.25) is 4.90 Å². The summed E-state index contributed by atoms with van der Waals surface area (Å²) in [4.78, 5) is 14.1. The predicted molar refractivity (Wildman–Crippen MR) is 78.8 cm³/mol. The van der Waals surface area contributed by atoms with Crippen molar-refractivity contribution in [2.45, 2.75) is 25.3 Å². The van der Waals surface area contributed by atoms with E-state index >= 15 is 0 Å². The number of nitrogens with zero attached hydrogens (tertiary/aromatic N) is 4. The molecule has 2 fully saturated rings. The number of aromatic nitrogens is 2. The third-order valence-electron chi connectivity index (χ3n) is 4.33. The third-order valence-corrected chi connectivity index (χ3v) is 5.23. The third kappa shape index (κ3) is 2.01. The van der Waals surface area contributed by atoms with Crippen molar-refractivity contribution in [3.8, 4) is 0 Å². The molecule has 2 saturated heterocycles. The van der Waals surface area contributed by atoms with Crippen LogP contribution in [0.2, 0.25) is 0 Å². The zero-order valence-electron chi connectivity index (χ0n) is 11.0. The number of hydrogen-bond acceptors (Lipinski definition) is 5. The fourth-order valence-electron chi connectivity index (χ4n) is 3.40. The first-order chi connectivity index (χ1) is 9.42. The van der Waals surface area contributed by atoms with Crippen molar-refractivity contribution in [1.29, 1.82) is 0 Å². The predicted octanol–water partition coefficient (Wildman–Crippen LogP) is 2.37. The van der Waals surface area contributed by atoms with Gasteiger partial charge in [-0.05, 0) is 37.3 Å². The smallest absolute Gasteiger partial charge is 0.150 e. The fraction of sp³-hybridized carbons (Fsp3) is 0.571. The first-order valence-electron chi connectivity index (χ1n) is 7.09. The second-order valence-corrected chi connectivity index (χ2v) is 6.38. The number of thiophene rings is 1. The highest BCUT2D eigenvalue weighted by molar-refractivity contribution is 7.17. The maximum atomic E-state index is 4.57. The highest BCUT2D eigenvalue weighted by atomic mass is 32.1. The van der Waals surface area contributed by atoms with E-state index in [1.165, 1.54) is 37.1 Å². The highest BCUT2D eigenvalue weighted by Gasteiger charge is 2.29. The molecule has 0 bridgehead atoms. The molecule has 4 rings (SSSR count). The van der Waals surface area contributed by atoms with Crippen LogP contribution < -0.4 is 4.90 Å². The Kier molecular flexibility index (Phi) is 2.89. The molecule has 19 heavy (non-hydrogen) atoms. The lowest BCUT2D eigenvalue weighted by Gasteiger charge is -2.26. The van der Waals surface area contributed by atoms with Crippen LogP contribution in [-0.4, -0.2) is 47.1 Å². The van der Waals surface area contributed by atoms with Crippen molar-refractivity contribution in [2.75, 3.05) is 31.1 Å². The summed E-state index contributed by atoms with van der Waals surface area (Å²) in [6.45, 7) is 4.79. The van der Waals surface area contributed by atoms with Gasteiger partial charge in [0.15, 0.2) is 0 Å². The van der Waals surface area contributed by atoms with Crippen LogP contribution in [0.1, 0.15) is 19.3 Å². The fourth-order valence-corrected chi connectivity index (χ4v) is 4.26. The molecule has 0 saturated carbocycles. The summed E-state index contributed by atoms with van der Waals surface area (Å²) in [6.07, 6.45) is 5.65. The molecule has 4 heterocycles. The van der Waals surface area contributed by atoms with Crippen LogP contribution in [0.5, 0.6) is 0 Å². The standard InChI is InChI=1S/C14H18N4S/c1-3-11-9-18(7-2-6-17(11)5-1)14-13-12(4-8-19-13)15-10-16-14/h4,8,10-11H,1-3,5-7,9H2/t11-/m0/s1. The molecular formula is C14H18N4S. The van der Waals surface area contributed by atoms with Crippen LogP contribution in [0, 0.1) is 0 Å². The van der Waals surface area contributed by atoms with Crippen LogP contribution in [0.4, 0.5) is 5.82 Å². The summed E-state index contributed by atoms with van der Waals surface area (Å²) < 4.78 is 1.24. The molecule has 1 atom stereocenters. The van der Waals surface area contributed by atoms with Gasteiger partial charge < -0.3 is 4.90 Å². The van der Waals surface area contributed by atoms with Crippen molar-refractivity contribution in [3.63, 3.8) is 0 Å². The molecule has 0 spiro atoms. The van der Waals surface area contributed by atoms with Crippen LogP contribution in [-0.2, 0) is 0 Å². The van der Waals surface area contributed by atoms with E-state index in [1.807, 2.05) is 0 Å². The van der Waals surface area contributed by atoms with Gasteiger partial charge in [0.25, 0.3) is 0 Å². The van der Waals surface area contributed by atoms with Gasteiger partial charge in [0.1, 0.15) is 12.1 Å². The topological polar surface area (TPSA) is 32.3 Å². The van der Waals surface area contributed by atoms with Gasteiger partial charge in [0, 0.05) is 25.7 Å². The van der Waals surface area contributed by atoms with Gasteiger partial charge in [-0.2, -0.15) is 0 Å². The summed E-state index contributed by atoms with van der Waals surface area (Å²) in [7, 11) is 0. The Morgan fingerprint density at radius 3 is 3.11 bits per heavy atom. The van der Waals surface area contributed by atoms with Crippen LogP contribution in [0.25, 0.3) is 10.2 Å². The lowest BCUT2D eigenvalue weighted by Crippen LogP contribution is -2.37. The molecule has 2 aromatic rings. The van der Waals surface area contributed by atoms with Crippen LogP contribution >= 0.6 is 11.3 Å². The Morgan fingerprint density at radius 1 is 1.16 bits per heavy atom. The minimum Gasteiger partial charge on any atom is -0.354 e. The van der Waals surface area contributed by atoms with Crippen molar-refractivity contribution in [2.24, 2.45) is 0 Å². The quantitative estimate of drug-likeness (QED) is 0.799. The van der Waals surface area contributed by atoms with E-state index in [2.05, 4.69) is 31.2 Å². The molecule has 0 aliphatic carbocycles. The molecule has 0 amide bonds. The lowest BCUT2D eigenvalue weighted by atomic mass is 10.2. The Bertz CT molecular complexity index is 582. The van der Waals surface area contributed by atoms with Gasteiger partial charge in [-0.1, -0.05) is 0 Å². The second-order valence-electron chi connectivity index (χ2n) is 5.46. The van der Waals surface area contributed by atoms with E-state index in [1.54, 1.807) is 17.7 Å². The summed E-state index contributed by atoms with van der Waals surface area (Å²) >= 11 is 1.76. The molecule has 0 radical (unpaired) electrons. The molecule has 100 valence electrons. The van der Waals surface area contributed by atoms with E-state index in [0.29, 0.717) is 0 Å². The van der Waals surface area contributed by atoms with E-state index < -0.39 is 0 Å². The maximum Gasteiger partial charge on any atom is 0.150 e. The molecular weight excluding hydrogens is 256 g/mol. The largest absolute Gasteiger partial charge is 0.354 e. The first-order valence-corrected chi connectivity index (χ1v) is 7.97. The second kappa shape index (κ2) is 4.72. The minimum absolute atomic E-state index is 0.729.